The largest absolute Gasteiger partial charge is 0.394 e. The molecule has 0 radical (unpaired) electrons. The molecule has 3 aromatic carbocycles. The second-order valence-electron chi connectivity index (χ2n) is 11.8. The molecule has 1 spiro atoms. The van der Waals surface area contributed by atoms with Crippen molar-refractivity contribution in [3.63, 3.8) is 0 Å². The van der Waals surface area contributed by atoms with Crippen LogP contribution >= 0.6 is 23.4 Å². The fourth-order valence-electron chi connectivity index (χ4n) is 7.55. The number of benzene rings is 3. The van der Waals surface area contributed by atoms with Crippen molar-refractivity contribution in [3.8, 4) is 0 Å². The number of para-hydroxylation sites is 2. The van der Waals surface area contributed by atoms with Crippen LogP contribution in [0.3, 0.4) is 0 Å². The van der Waals surface area contributed by atoms with Crippen molar-refractivity contribution in [2.45, 2.75) is 28.5 Å². The lowest BCUT2D eigenvalue weighted by atomic mass is 9.74. The minimum Gasteiger partial charge on any atom is -0.394 e. The van der Waals surface area contributed by atoms with Crippen molar-refractivity contribution in [1.82, 2.24) is 4.90 Å². The lowest BCUT2D eigenvalue weighted by Gasteiger charge is -2.40. The second-order valence-corrected chi connectivity index (χ2v) is 14.0. The molecule has 4 heterocycles. The van der Waals surface area contributed by atoms with Gasteiger partial charge in [-0.1, -0.05) is 96.6 Å². The van der Waals surface area contributed by atoms with E-state index in [1.165, 1.54) is 11.8 Å². The maximum absolute atomic E-state index is 15.0. The number of aliphatic hydroxyl groups is 1. The molecule has 1 N–H and O–H groups in total. The van der Waals surface area contributed by atoms with Gasteiger partial charge in [-0.05, 0) is 36.8 Å². The highest BCUT2D eigenvalue weighted by Gasteiger charge is 2.74. The molecule has 0 saturated carbocycles. The number of thioether (sulfide) groups is 1. The van der Waals surface area contributed by atoms with E-state index in [1.54, 1.807) is 26.8 Å². The zero-order chi connectivity index (χ0) is 30.6. The Kier molecular flexibility index (Phi) is 7.19. The lowest BCUT2D eigenvalue weighted by molar-refractivity contribution is -0.142. The fraction of sp³-hybridized carbons (Fsp3) is 0.286. The predicted octanol–water partition coefficient (Wildman–Crippen LogP) is 5.27. The highest BCUT2D eigenvalue weighted by molar-refractivity contribution is 8.02. The number of halogens is 1. The van der Waals surface area contributed by atoms with Gasteiger partial charge in [-0.25, -0.2) is 0 Å². The van der Waals surface area contributed by atoms with Crippen LogP contribution in [0.2, 0.25) is 5.02 Å². The Morgan fingerprint density at radius 2 is 1.45 bits per heavy atom. The molecule has 4 aliphatic rings. The molecular formula is C35H32ClN3O4S. The van der Waals surface area contributed by atoms with Gasteiger partial charge in [-0.2, -0.15) is 0 Å². The average molecular weight is 626 g/mol. The summed E-state index contributed by atoms with van der Waals surface area (Å²) in [5, 5.41) is 11.2. The molecule has 7 rings (SSSR count). The van der Waals surface area contributed by atoms with Gasteiger partial charge in [-0.3, -0.25) is 14.4 Å². The fourth-order valence-corrected chi connectivity index (χ4v) is 9.93. The molecule has 0 aliphatic carbocycles. The monoisotopic (exact) mass is 625 g/mol. The van der Waals surface area contributed by atoms with Crippen molar-refractivity contribution in [1.29, 1.82) is 0 Å². The van der Waals surface area contributed by atoms with Gasteiger partial charge in [0, 0.05) is 23.5 Å². The van der Waals surface area contributed by atoms with E-state index in [4.69, 9.17) is 11.6 Å². The summed E-state index contributed by atoms with van der Waals surface area (Å²) in [7, 11) is 0. The highest BCUT2D eigenvalue weighted by Crippen LogP contribution is 2.66. The molecule has 3 aromatic rings. The molecule has 2 fully saturated rings. The Labute approximate surface area is 265 Å². The number of likely N-dealkylation sites (tertiary alicyclic amines) is 1. The van der Waals surface area contributed by atoms with Crippen molar-refractivity contribution < 1.29 is 19.5 Å². The van der Waals surface area contributed by atoms with Gasteiger partial charge >= 0.3 is 0 Å². The van der Waals surface area contributed by atoms with Gasteiger partial charge in [0.15, 0.2) is 0 Å². The van der Waals surface area contributed by atoms with E-state index in [1.807, 2.05) is 104 Å². The number of carbonyl (C=O) groups is 3. The number of fused-ring (bicyclic) bond motifs is 2. The normalized spacial score (nSPS) is 30.1. The van der Waals surface area contributed by atoms with E-state index in [9.17, 15) is 19.5 Å². The van der Waals surface area contributed by atoms with Crippen LogP contribution in [0.1, 0.15) is 18.5 Å². The average Bonchev–Trinajstić information content (AvgIpc) is 3.30. The lowest BCUT2D eigenvalue weighted by Crippen LogP contribution is -2.54. The van der Waals surface area contributed by atoms with Gasteiger partial charge in [0.05, 0.1) is 39.9 Å². The van der Waals surface area contributed by atoms with Gasteiger partial charge in [0.1, 0.15) is 6.04 Å². The van der Waals surface area contributed by atoms with Crippen molar-refractivity contribution in [3.05, 3.63) is 120 Å². The molecular weight excluding hydrogens is 594 g/mol. The number of hydrogen-bond acceptors (Lipinski definition) is 5. The molecule has 4 aliphatic heterocycles. The standard InChI is InChI=1S/C35H32ClN3O4S/c1-34-18-10-20-37(24-14-6-3-7-15-24)31(41)28(34)29-32(42)39(27(22-40)23-12-4-2-5-13-23)30-33(43)38(21-11-19-35(29,30)44-34)26-17-9-8-16-25(26)36/h2-19,27-30,40H,20-22H2,1H3/t27-,28+,29+,30?,34-,35+/m1/s1. The molecule has 6 atom stereocenters. The number of rotatable bonds is 5. The van der Waals surface area contributed by atoms with Gasteiger partial charge in [-0.15, -0.1) is 11.8 Å². The number of amides is 3. The molecule has 7 nitrogen and oxygen atoms in total. The van der Waals surface area contributed by atoms with Crippen LogP contribution in [0, 0.1) is 11.8 Å². The Hall–Kier alpha value is -3.85. The number of aliphatic hydroxyl groups excluding tert-OH is 1. The van der Waals surface area contributed by atoms with Crippen molar-refractivity contribution in [2.24, 2.45) is 11.8 Å². The summed E-state index contributed by atoms with van der Waals surface area (Å²) >= 11 is 8.13. The number of hydrogen-bond donors (Lipinski definition) is 1. The van der Waals surface area contributed by atoms with Crippen LogP contribution in [-0.4, -0.2) is 63.0 Å². The van der Waals surface area contributed by atoms with Crippen molar-refractivity contribution in [2.75, 3.05) is 29.5 Å². The van der Waals surface area contributed by atoms with Gasteiger partial charge in [0.2, 0.25) is 11.8 Å². The van der Waals surface area contributed by atoms with E-state index >= 15 is 0 Å². The molecule has 224 valence electrons. The zero-order valence-electron chi connectivity index (χ0n) is 24.1. The molecule has 0 bridgehead atoms. The number of anilines is 2. The first-order valence-corrected chi connectivity index (χ1v) is 16.0. The highest BCUT2D eigenvalue weighted by atomic mass is 35.5. The summed E-state index contributed by atoms with van der Waals surface area (Å²) in [6, 6.07) is 24.1. The summed E-state index contributed by atoms with van der Waals surface area (Å²) in [4.78, 5) is 49.4. The second kappa shape index (κ2) is 10.9. The van der Waals surface area contributed by atoms with Crippen LogP contribution < -0.4 is 9.80 Å². The van der Waals surface area contributed by atoms with Crippen LogP contribution in [0.5, 0.6) is 0 Å². The van der Waals surface area contributed by atoms with Crippen LogP contribution in [0.25, 0.3) is 0 Å². The van der Waals surface area contributed by atoms with Crippen LogP contribution in [0.15, 0.2) is 109 Å². The topological polar surface area (TPSA) is 81.2 Å². The number of carbonyl (C=O) groups excluding carboxylic acids is 3. The van der Waals surface area contributed by atoms with E-state index in [0.717, 1.165) is 11.3 Å². The Balaban J connectivity index is 1.41. The zero-order valence-corrected chi connectivity index (χ0v) is 25.7. The van der Waals surface area contributed by atoms with E-state index in [2.05, 4.69) is 0 Å². The first-order valence-electron chi connectivity index (χ1n) is 14.8. The first-order chi connectivity index (χ1) is 21.3. The summed E-state index contributed by atoms with van der Waals surface area (Å²) < 4.78 is -1.82. The maximum Gasteiger partial charge on any atom is 0.251 e. The molecule has 2 saturated heterocycles. The summed E-state index contributed by atoms with van der Waals surface area (Å²) in [5.41, 5.74) is 2.02. The molecule has 9 heteroatoms. The predicted molar refractivity (Wildman–Crippen MR) is 173 cm³/mol. The van der Waals surface area contributed by atoms with Crippen LogP contribution in [-0.2, 0) is 14.4 Å². The molecule has 1 unspecified atom stereocenters. The van der Waals surface area contributed by atoms with Gasteiger partial charge < -0.3 is 19.8 Å². The van der Waals surface area contributed by atoms with Gasteiger partial charge in [0.25, 0.3) is 5.91 Å². The Bertz CT molecular complexity index is 1680. The smallest absolute Gasteiger partial charge is 0.251 e. The quantitative estimate of drug-likeness (QED) is 0.391. The summed E-state index contributed by atoms with van der Waals surface area (Å²) in [6.45, 7) is 2.26. The maximum atomic E-state index is 15.0. The third-order valence-electron chi connectivity index (χ3n) is 9.40. The van der Waals surface area contributed by atoms with Crippen molar-refractivity contribution >= 4 is 52.5 Å². The third-order valence-corrected chi connectivity index (χ3v) is 11.5. The SMILES string of the molecule is C[C@@]12C=CCN(c3ccccc3)C(=O)[C@@H]1[C@H]1C(=O)N([C@H](CO)c3ccccc3)C3C(=O)N(c4ccccc4Cl)CC=C[C@@]31S2. The summed E-state index contributed by atoms with van der Waals surface area (Å²) in [6.07, 6.45) is 7.94. The Morgan fingerprint density at radius 3 is 2.16 bits per heavy atom. The minimum atomic E-state index is -1.06. The Morgan fingerprint density at radius 1 is 0.818 bits per heavy atom. The number of nitrogens with zero attached hydrogens (tertiary/aromatic N) is 3. The van der Waals surface area contributed by atoms with E-state index in [-0.39, 0.29) is 30.9 Å². The third kappa shape index (κ3) is 4.26. The van der Waals surface area contributed by atoms with Crippen LogP contribution in [0.4, 0.5) is 11.4 Å². The molecule has 0 aromatic heterocycles. The molecule has 3 amide bonds. The van der Waals surface area contributed by atoms with E-state index < -0.39 is 33.4 Å². The van der Waals surface area contributed by atoms with E-state index in [0.29, 0.717) is 17.3 Å². The minimum absolute atomic E-state index is 0.152. The summed E-state index contributed by atoms with van der Waals surface area (Å²) in [5.74, 6) is -2.34. The molecule has 44 heavy (non-hydrogen) atoms. The first kappa shape index (κ1) is 28.9.